The summed E-state index contributed by atoms with van der Waals surface area (Å²) >= 11 is 0. The molecule has 2 aromatic carbocycles. The van der Waals surface area contributed by atoms with Gasteiger partial charge in [0.05, 0.1) is 18.9 Å². The van der Waals surface area contributed by atoms with Gasteiger partial charge in [-0.15, -0.1) is 0 Å². The number of carbonyl (C=O) groups is 2. The standard InChI is InChI=1S/C22H27N3O4/c1-15(26)23-19-11-10-17(13-21(19)29-2)24-22(28)25-12-6-9-18(25)14-20(27)16-7-4-3-5-8-16/h3-5,7-8,10-11,13,18,20,27H,6,9,12,14H2,1-2H3,(H,23,26)(H,24,28)/t18-,20+/m0/s1. The maximum atomic E-state index is 12.8. The summed E-state index contributed by atoms with van der Waals surface area (Å²) in [5.41, 5.74) is 1.98. The van der Waals surface area contributed by atoms with Gasteiger partial charge in [-0.05, 0) is 37.0 Å². The average molecular weight is 397 g/mol. The lowest BCUT2D eigenvalue weighted by atomic mass is 10.0. The SMILES string of the molecule is COc1cc(NC(=O)N2CCC[C@H]2C[C@@H](O)c2ccccc2)ccc1NC(C)=O. The Labute approximate surface area is 170 Å². The second kappa shape index (κ2) is 9.43. The third-order valence-corrected chi connectivity index (χ3v) is 5.08. The number of methoxy groups -OCH3 is 1. The normalized spacial score (nSPS) is 16.9. The smallest absolute Gasteiger partial charge is 0.322 e. The van der Waals surface area contributed by atoms with E-state index in [9.17, 15) is 14.7 Å². The van der Waals surface area contributed by atoms with Gasteiger partial charge in [-0.2, -0.15) is 0 Å². The number of benzene rings is 2. The monoisotopic (exact) mass is 397 g/mol. The molecule has 0 saturated carbocycles. The van der Waals surface area contributed by atoms with Crippen LogP contribution in [0.1, 0.15) is 37.9 Å². The zero-order valence-corrected chi connectivity index (χ0v) is 16.7. The Kier molecular flexibility index (Phi) is 6.72. The second-order valence-electron chi connectivity index (χ2n) is 7.18. The Bertz CT molecular complexity index is 856. The fourth-order valence-electron chi connectivity index (χ4n) is 3.67. The number of nitrogens with zero attached hydrogens (tertiary/aromatic N) is 1. The van der Waals surface area contributed by atoms with E-state index >= 15 is 0 Å². The van der Waals surface area contributed by atoms with Gasteiger partial charge in [-0.1, -0.05) is 30.3 Å². The number of aliphatic hydroxyl groups is 1. The quantitative estimate of drug-likeness (QED) is 0.692. The van der Waals surface area contributed by atoms with Crippen LogP contribution in [0.3, 0.4) is 0 Å². The summed E-state index contributed by atoms with van der Waals surface area (Å²) in [4.78, 5) is 25.9. The van der Waals surface area contributed by atoms with Crippen molar-refractivity contribution >= 4 is 23.3 Å². The van der Waals surface area contributed by atoms with Gasteiger partial charge in [-0.25, -0.2) is 4.79 Å². The van der Waals surface area contributed by atoms with Crippen LogP contribution >= 0.6 is 0 Å². The van der Waals surface area contributed by atoms with Gasteiger partial charge >= 0.3 is 6.03 Å². The number of likely N-dealkylation sites (tertiary alicyclic amines) is 1. The molecular weight excluding hydrogens is 370 g/mol. The molecular formula is C22H27N3O4. The van der Waals surface area contributed by atoms with Gasteiger partial charge in [0, 0.05) is 31.3 Å². The first-order chi connectivity index (χ1) is 14.0. The molecule has 1 aliphatic rings. The molecule has 1 fully saturated rings. The molecule has 0 aromatic heterocycles. The van der Waals surface area contributed by atoms with E-state index in [0.29, 0.717) is 30.1 Å². The van der Waals surface area contributed by atoms with E-state index in [-0.39, 0.29) is 18.0 Å². The van der Waals surface area contributed by atoms with Gasteiger partial charge in [-0.3, -0.25) is 4.79 Å². The predicted molar refractivity (Wildman–Crippen MR) is 112 cm³/mol. The lowest BCUT2D eigenvalue weighted by Crippen LogP contribution is -2.39. The lowest BCUT2D eigenvalue weighted by molar-refractivity contribution is -0.114. The van der Waals surface area contributed by atoms with Crippen molar-refractivity contribution in [3.05, 3.63) is 54.1 Å². The lowest BCUT2D eigenvalue weighted by Gasteiger charge is -2.27. The molecule has 2 atom stereocenters. The molecule has 0 unspecified atom stereocenters. The fraction of sp³-hybridized carbons (Fsp3) is 0.364. The number of ether oxygens (including phenoxy) is 1. The van der Waals surface area contributed by atoms with Crippen molar-refractivity contribution in [2.45, 2.75) is 38.3 Å². The predicted octanol–water partition coefficient (Wildman–Crippen LogP) is 3.77. The van der Waals surface area contributed by atoms with Crippen LogP contribution in [-0.2, 0) is 4.79 Å². The van der Waals surface area contributed by atoms with Gasteiger partial charge in [0.2, 0.25) is 5.91 Å². The molecule has 2 aromatic rings. The number of rotatable bonds is 6. The van der Waals surface area contributed by atoms with Crippen molar-refractivity contribution in [3.8, 4) is 5.75 Å². The first kappa shape index (κ1) is 20.7. The summed E-state index contributed by atoms with van der Waals surface area (Å²) in [6.45, 7) is 2.08. The number of hydrogen-bond donors (Lipinski definition) is 3. The first-order valence-electron chi connectivity index (χ1n) is 9.74. The molecule has 154 valence electrons. The second-order valence-corrected chi connectivity index (χ2v) is 7.18. The number of anilines is 2. The molecule has 29 heavy (non-hydrogen) atoms. The zero-order chi connectivity index (χ0) is 20.8. The molecule has 3 amide bonds. The highest BCUT2D eigenvalue weighted by Crippen LogP contribution is 2.30. The molecule has 1 aliphatic heterocycles. The van der Waals surface area contributed by atoms with E-state index in [1.165, 1.54) is 14.0 Å². The number of amides is 3. The third-order valence-electron chi connectivity index (χ3n) is 5.08. The van der Waals surface area contributed by atoms with Crippen molar-refractivity contribution in [2.24, 2.45) is 0 Å². The van der Waals surface area contributed by atoms with Crippen molar-refractivity contribution in [1.82, 2.24) is 4.90 Å². The molecule has 3 rings (SSSR count). The largest absolute Gasteiger partial charge is 0.494 e. The van der Waals surface area contributed by atoms with Gasteiger partial charge in [0.15, 0.2) is 0 Å². The topological polar surface area (TPSA) is 90.9 Å². The summed E-state index contributed by atoms with van der Waals surface area (Å²) in [6, 6.07) is 14.4. The van der Waals surface area contributed by atoms with Crippen LogP contribution < -0.4 is 15.4 Å². The van der Waals surface area contributed by atoms with Crippen LogP contribution in [0.25, 0.3) is 0 Å². The molecule has 1 saturated heterocycles. The number of aliphatic hydroxyl groups excluding tert-OH is 1. The molecule has 7 heteroatoms. The number of urea groups is 1. The summed E-state index contributed by atoms with van der Waals surface area (Å²) in [5, 5.41) is 16.1. The summed E-state index contributed by atoms with van der Waals surface area (Å²) < 4.78 is 5.30. The van der Waals surface area contributed by atoms with Crippen molar-refractivity contribution in [1.29, 1.82) is 0 Å². The molecule has 3 N–H and O–H groups in total. The molecule has 7 nitrogen and oxygen atoms in total. The van der Waals surface area contributed by atoms with Gasteiger partial charge < -0.3 is 25.4 Å². The maximum Gasteiger partial charge on any atom is 0.322 e. The van der Waals surface area contributed by atoms with Crippen molar-refractivity contribution in [3.63, 3.8) is 0 Å². The summed E-state index contributed by atoms with van der Waals surface area (Å²) in [6.07, 6.45) is 1.67. The van der Waals surface area contributed by atoms with Crippen LogP contribution in [0.2, 0.25) is 0 Å². The minimum absolute atomic E-state index is 0.0224. The van der Waals surface area contributed by atoms with E-state index < -0.39 is 6.10 Å². The maximum absolute atomic E-state index is 12.8. The van der Waals surface area contributed by atoms with Crippen molar-refractivity contribution < 1.29 is 19.4 Å². The van der Waals surface area contributed by atoms with E-state index in [1.807, 2.05) is 30.3 Å². The van der Waals surface area contributed by atoms with E-state index in [4.69, 9.17) is 4.74 Å². The Morgan fingerprint density at radius 3 is 2.66 bits per heavy atom. The average Bonchev–Trinajstić information content (AvgIpc) is 3.17. The van der Waals surface area contributed by atoms with Crippen LogP contribution in [0.4, 0.5) is 16.2 Å². The van der Waals surface area contributed by atoms with Crippen LogP contribution in [0.5, 0.6) is 5.75 Å². The first-order valence-corrected chi connectivity index (χ1v) is 9.74. The molecule has 1 heterocycles. The van der Waals surface area contributed by atoms with E-state index in [1.54, 1.807) is 23.1 Å². The summed E-state index contributed by atoms with van der Waals surface area (Å²) in [5.74, 6) is 0.271. The number of carbonyl (C=O) groups excluding carboxylic acids is 2. The van der Waals surface area contributed by atoms with Crippen LogP contribution in [-0.4, -0.2) is 41.6 Å². The number of hydrogen-bond acceptors (Lipinski definition) is 4. The molecule has 0 radical (unpaired) electrons. The highest BCUT2D eigenvalue weighted by atomic mass is 16.5. The number of nitrogens with one attached hydrogen (secondary N) is 2. The van der Waals surface area contributed by atoms with Crippen molar-refractivity contribution in [2.75, 3.05) is 24.3 Å². The summed E-state index contributed by atoms with van der Waals surface area (Å²) in [7, 11) is 1.51. The highest BCUT2D eigenvalue weighted by molar-refractivity contribution is 5.93. The zero-order valence-electron chi connectivity index (χ0n) is 16.7. The fourth-order valence-corrected chi connectivity index (χ4v) is 3.67. The molecule has 0 spiro atoms. The third kappa shape index (κ3) is 5.26. The Hall–Kier alpha value is -3.06. The highest BCUT2D eigenvalue weighted by Gasteiger charge is 2.30. The minimum atomic E-state index is -0.605. The Morgan fingerprint density at radius 2 is 1.97 bits per heavy atom. The molecule has 0 aliphatic carbocycles. The minimum Gasteiger partial charge on any atom is -0.494 e. The Morgan fingerprint density at radius 1 is 1.21 bits per heavy atom. The molecule has 0 bridgehead atoms. The van der Waals surface area contributed by atoms with E-state index in [0.717, 1.165) is 18.4 Å². The van der Waals surface area contributed by atoms with Crippen LogP contribution in [0, 0.1) is 0 Å². The van der Waals surface area contributed by atoms with E-state index in [2.05, 4.69) is 10.6 Å². The van der Waals surface area contributed by atoms with Gasteiger partial charge in [0.1, 0.15) is 5.75 Å². The van der Waals surface area contributed by atoms with Gasteiger partial charge in [0.25, 0.3) is 0 Å². The Balaban J connectivity index is 1.65. The van der Waals surface area contributed by atoms with Crippen LogP contribution in [0.15, 0.2) is 48.5 Å².